The molecule has 2 aromatic rings. The monoisotopic (exact) mass is 225 g/mol. The minimum Gasteiger partial charge on any atom is -0.370 e. The molecule has 3 nitrogen and oxygen atoms in total. The standard InChI is InChI=1S/C9H11N3S2/c1-11-9(10)12-5-6-4-8-7(14-6)2-3-13-8/h2-4H,5H2,1H3,(H3,10,11,12). The topological polar surface area (TPSA) is 50.4 Å². The Morgan fingerprint density at radius 2 is 2.43 bits per heavy atom. The highest BCUT2D eigenvalue weighted by molar-refractivity contribution is 7.26. The molecule has 2 rings (SSSR count). The summed E-state index contributed by atoms with van der Waals surface area (Å²) in [6.07, 6.45) is 0. The molecule has 0 spiro atoms. The maximum atomic E-state index is 5.54. The molecule has 0 aliphatic rings. The van der Waals surface area contributed by atoms with Crippen molar-refractivity contribution in [3.05, 3.63) is 22.4 Å². The first-order valence-corrected chi connectivity index (χ1v) is 5.91. The van der Waals surface area contributed by atoms with Crippen LogP contribution in [0.5, 0.6) is 0 Å². The second-order valence-corrected chi connectivity index (χ2v) is 4.94. The Morgan fingerprint density at radius 3 is 3.14 bits per heavy atom. The Bertz CT molecular complexity index is 427. The number of thiophene rings is 2. The lowest BCUT2D eigenvalue weighted by Gasteiger charge is -2.00. The molecule has 0 unspecified atom stereocenters. The minimum absolute atomic E-state index is 0.488. The van der Waals surface area contributed by atoms with E-state index in [0.717, 1.165) is 6.54 Å². The molecule has 0 aliphatic heterocycles. The molecule has 0 bridgehead atoms. The zero-order valence-corrected chi connectivity index (χ0v) is 9.41. The van der Waals surface area contributed by atoms with Crippen LogP contribution in [0.2, 0.25) is 0 Å². The van der Waals surface area contributed by atoms with Gasteiger partial charge >= 0.3 is 0 Å². The number of hydrogen-bond donors (Lipinski definition) is 2. The smallest absolute Gasteiger partial charge is 0.188 e. The minimum atomic E-state index is 0.488. The van der Waals surface area contributed by atoms with E-state index >= 15 is 0 Å². The van der Waals surface area contributed by atoms with Crippen LogP contribution < -0.4 is 11.1 Å². The summed E-state index contributed by atoms with van der Waals surface area (Å²) in [5.41, 5.74) is 5.54. The number of nitrogens with zero attached hydrogens (tertiary/aromatic N) is 1. The van der Waals surface area contributed by atoms with Gasteiger partial charge in [0.25, 0.3) is 0 Å². The highest BCUT2D eigenvalue weighted by atomic mass is 32.1. The molecule has 74 valence electrons. The molecular formula is C9H11N3S2. The van der Waals surface area contributed by atoms with Crippen molar-refractivity contribution in [2.75, 3.05) is 7.05 Å². The van der Waals surface area contributed by atoms with E-state index in [-0.39, 0.29) is 0 Å². The third kappa shape index (κ3) is 1.88. The fourth-order valence-electron chi connectivity index (χ4n) is 1.16. The molecular weight excluding hydrogens is 214 g/mol. The third-order valence-corrected chi connectivity index (χ3v) is 3.97. The number of aliphatic imine (C=N–C) groups is 1. The van der Waals surface area contributed by atoms with Crippen LogP contribution >= 0.6 is 22.7 Å². The summed E-state index contributed by atoms with van der Waals surface area (Å²) < 4.78 is 2.69. The quantitative estimate of drug-likeness (QED) is 0.606. The Labute approximate surface area is 90.3 Å². The van der Waals surface area contributed by atoms with E-state index < -0.39 is 0 Å². The number of hydrogen-bond acceptors (Lipinski definition) is 3. The Morgan fingerprint density at radius 1 is 1.57 bits per heavy atom. The zero-order chi connectivity index (χ0) is 9.97. The summed E-state index contributed by atoms with van der Waals surface area (Å²) in [6, 6.07) is 4.34. The fraction of sp³-hybridized carbons (Fsp3) is 0.222. The number of nitrogens with one attached hydrogen (secondary N) is 1. The highest BCUT2D eigenvalue weighted by Gasteiger charge is 2.02. The molecule has 2 heterocycles. The van der Waals surface area contributed by atoms with Crippen molar-refractivity contribution in [1.82, 2.24) is 5.32 Å². The molecule has 5 heteroatoms. The van der Waals surface area contributed by atoms with Crippen molar-refractivity contribution < 1.29 is 0 Å². The predicted octanol–water partition coefficient (Wildman–Crippen LogP) is 2.00. The van der Waals surface area contributed by atoms with Crippen molar-refractivity contribution in [3.63, 3.8) is 0 Å². The number of guanidine groups is 1. The average Bonchev–Trinajstić information content (AvgIpc) is 2.73. The molecule has 0 aromatic carbocycles. The van der Waals surface area contributed by atoms with Gasteiger partial charge in [0.2, 0.25) is 0 Å². The molecule has 2 aromatic heterocycles. The number of rotatable bonds is 2. The van der Waals surface area contributed by atoms with Crippen LogP contribution in [0, 0.1) is 0 Å². The van der Waals surface area contributed by atoms with E-state index in [1.54, 1.807) is 29.7 Å². The molecule has 0 saturated carbocycles. The maximum Gasteiger partial charge on any atom is 0.188 e. The lowest BCUT2D eigenvalue weighted by molar-refractivity contribution is 0.919. The molecule has 0 radical (unpaired) electrons. The Kier molecular flexibility index (Phi) is 2.69. The van der Waals surface area contributed by atoms with E-state index in [0.29, 0.717) is 5.96 Å². The molecule has 0 atom stereocenters. The largest absolute Gasteiger partial charge is 0.370 e. The SMILES string of the molecule is CN=C(N)NCc1cc2sccc2s1. The summed E-state index contributed by atoms with van der Waals surface area (Å²) in [4.78, 5) is 5.13. The van der Waals surface area contributed by atoms with Gasteiger partial charge in [0, 0.05) is 21.3 Å². The Balaban J connectivity index is 2.08. The van der Waals surface area contributed by atoms with Crippen molar-refractivity contribution in [2.24, 2.45) is 10.7 Å². The van der Waals surface area contributed by atoms with Gasteiger partial charge in [-0.2, -0.15) is 0 Å². The van der Waals surface area contributed by atoms with E-state index in [4.69, 9.17) is 5.73 Å². The first-order valence-electron chi connectivity index (χ1n) is 4.21. The van der Waals surface area contributed by atoms with Crippen LogP contribution in [-0.2, 0) is 6.54 Å². The summed E-state index contributed by atoms with van der Waals surface area (Å²) in [5.74, 6) is 0.488. The van der Waals surface area contributed by atoms with Gasteiger partial charge in [0.05, 0.1) is 6.54 Å². The van der Waals surface area contributed by atoms with Crippen molar-refractivity contribution >= 4 is 38.0 Å². The van der Waals surface area contributed by atoms with Crippen LogP contribution in [0.25, 0.3) is 9.40 Å². The van der Waals surface area contributed by atoms with Gasteiger partial charge in [-0.25, -0.2) is 0 Å². The molecule has 3 N–H and O–H groups in total. The van der Waals surface area contributed by atoms with Gasteiger partial charge in [-0.15, -0.1) is 22.7 Å². The molecule has 0 amide bonds. The predicted molar refractivity (Wildman–Crippen MR) is 64.1 cm³/mol. The van der Waals surface area contributed by atoms with Gasteiger partial charge in [-0.05, 0) is 17.5 Å². The lowest BCUT2D eigenvalue weighted by Crippen LogP contribution is -2.30. The first kappa shape index (κ1) is 9.48. The molecule has 0 aliphatic carbocycles. The maximum absolute atomic E-state index is 5.54. The highest BCUT2D eigenvalue weighted by Crippen LogP contribution is 2.29. The fourth-order valence-corrected chi connectivity index (χ4v) is 3.23. The van der Waals surface area contributed by atoms with Gasteiger partial charge in [-0.3, -0.25) is 4.99 Å². The average molecular weight is 225 g/mol. The van der Waals surface area contributed by atoms with Crippen LogP contribution in [0.15, 0.2) is 22.5 Å². The van der Waals surface area contributed by atoms with Gasteiger partial charge in [0.15, 0.2) is 5.96 Å². The van der Waals surface area contributed by atoms with E-state index in [2.05, 4.69) is 27.8 Å². The van der Waals surface area contributed by atoms with E-state index in [1.807, 2.05) is 0 Å². The lowest BCUT2D eigenvalue weighted by atomic mass is 10.4. The third-order valence-electron chi connectivity index (χ3n) is 1.88. The number of fused-ring (bicyclic) bond motifs is 1. The second-order valence-electron chi connectivity index (χ2n) is 2.82. The zero-order valence-electron chi connectivity index (χ0n) is 7.78. The first-order chi connectivity index (χ1) is 6.79. The second kappa shape index (κ2) is 3.98. The normalized spacial score (nSPS) is 12.2. The van der Waals surface area contributed by atoms with Crippen LogP contribution in [0.3, 0.4) is 0 Å². The van der Waals surface area contributed by atoms with E-state index in [1.165, 1.54) is 14.3 Å². The van der Waals surface area contributed by atoms with Gasteiger partial charge < -0.3 is 11.1 Å². The van der Waals surface area contributed by atoms with Gasteiger partial charge in [-0.1, -0.05) is 0 Å². The molecule has 0 saturated heterocycles. The Hall–Kier alpha value is -1.07. The molecule has 14 heavy (non-hydrogen) atoms. The van der Waals surface area contributed by atoms with Crippen molar-refractivity contribution in [2.45, 2.75) is 6.54 Å². The van der Waals surface area contributed by atoms with E-state index in [9.17, 15) is 0 Å². The van der Waals surface area contributed by atoms with Crippen molar-refractivity contribution in [1.29, 1.82) is 0 Å². The summed E-state index contributed by atoms with van der Waals surface area (Å²) in [5, 5.41) is 5.15. The van der Waals surface area contributed by atoms with Crippen LogP contribution in [0.1, 0.15) is 4.88 Å². The van der Waals surface area contributed by atoms with Crippen molar-refractivity contribution in [3.8, 4) is 0 Å². The van der Waals surface area contributed by atoms with Crippen LogP contribution in [-0.4, -0.2) is 13.0 Å². The number of nitrogens with two attached hydrogens (primary N) is 1. The van der Waals surface area contributed by atoms with Crippen LogP contribution in [0.4, 0.5) is 0 Å². The summed E-state index contributed by atoms with van der Waals surface area (Å²) in [6.45, 7) is 0.759. The molecule has 0 fully saturated rings. The summed E-state index contributed by atoms with van der Waals surface area (Å²) in [7, 11) is 1.68. The summed E-state index contributed by atoms with van der Waals surface area (Å²) >= 11 is 3.56. The van der Waals surface area contributed by atoms with Gasteiger partial charge in [0.1, 0.15) is 0 Å².